The average molecular weight is 518 g/mol. The number of hydrogen-bond acceptors (Lipinski definition) is 6. The summed E-state index contributed by atoms with van der Waals surface area (Å²) in [5.74, 6) is 2.93. The Labute approximate surface area is 223 Å². The summed E-state index contributed by atoms with van der Waals surface area (Å²) in [7, 11) is 4.58. The molecule has 4 aromatic rings. The summed E-state index contributed by atoms with van der Waals surface area (Å²) in [6.07, 6.45) is 2.49. The second-order valence-electron chi connectivity index (χ2n) is 8.96. The van der Waals surface area contributed by atoms with E-state index in [-0.39, 0.29) is 5.91 Å². The smallest absolute Gasteiger partial charge is 0.251 e. The molecule has 0 fully saturated rings. The van der Waals surface area contributed by atoms with Gasteiger partial charge in [0.2, 0.25) is 5.75 Å². The summed E-state index contributed by atoms with van der Waals surface area (Å²) >= 11 is 0. The zero-order valence-electron chi connectivity index (χ0n) is 22.5. The van der Waals surface area contributed by atoms with Gasteiger partial charge in [0.05, 0.1) is 39.0 Å². The molecule has 200 valence electrons. The number of benzene rings is 3. The van der Waals surface area contributed by atoms with Crippen molar-refractivity contribution >= 4 is 16.9 Å². The maximum atomic E-state index is 12.9. The molecule has 0 saturated carbocycles. The fraction of sp³-hybridized carbons (Fsp3) is 0.333. The Kier molecular flexibility index (Phi) is 9.08. The molecule has 1 heterocycles. The van der Waals surface area contributed by atoms with Gasteiger partial charge in [0.1, 0.15) is 11.6 Å². The third-order valence-corrected chi connectivity index (χ3v) is 6.36. The zero-order chi connectivity index (χ0) is 26.9. The average Bonchev–Trinajstić information content (AvgIpc) is 3.30. The van der Waals surface area contributed by atoms with E-state index >= 15 is 0 Å². The van der Waals surface area contributed by atoms with Crippen molar-refractivity contribution in [2.45, 2.75) is 32.7 Å². The van der Waals surface area contributed by atoms with Crippen LogP contribution in [-0.2, 0) is 13.0 Å². The topological polar surface area (TPSA) is 83.8 Å². The summed E-state index contributed by atoms with van der Waals surface area (Å²) < 4.78 is 24.2. The van der Waals surface area contributed by atoms with Crippen LogP contribution < -0.4 is 24.3 Å². The number of carbonyl (C=O) groups excluding carboxylic acids is 1. The van der Waals surface area contributed by atoms with Gasteiger partial charge in [-0.3, -0.25) is 4.79 Å². The molecular formula is C30H35N3O5. The number of ether oxygens (including phenoxy) is 4. The van der Waals surface area contributed by atoms with Gasteiger partial charge in [-0.25, -0.2) is 4.98 Å². The highest BCUT2D eigenvalue weighted by Crippen LogP contribution is 2.38. The Balaban J connectivity index is 1.36. The summed E-state index contributed by atoms with van der Waals surface area (Å²) in [5, 5.41) is 2.99. The molecular weight excluding hydrogens is 482 g/mol. The van der Waals surface area contributed by atoms with E-state index in [0.717, 1.165) is 42.0 Å². The van der Waals surface area contributed by atoms with Crippen molar-refractivity contribution < 1.29 is 23.7 Å². The molecule has 0 bridgehead atoms. The van der Waals surface area contributed by atoms with E-state index in [4.69, 9.17) is 23.9 Å². The fourth-order valence-electron chi connectivity index (χ4n) is 4.36. The van der Waals surface area contributed by atoms with Gasteiger partial charge in [0, 0.05) is 25.1 Å². The number of nitrogens with zero attached hydrogens (tertiary/aromatic N) is 2. The van der Waals surface area contributed by atoms with E-state index in [2.05, 4.69) is 35.0 Å². The molecule has 0 aliphatic rings. The molecule has 8 heteroatoms. The van der Waals surface area contributed by atoms with Crippen LogP contribution in [0.3, 0.4) is 0 Å². The van der Waals surface area contributed by atoms with E-state index < -0.39 is 0 Å². The second-order valence-corrected chi connectivity index (χ2v) is 8.96. The van der Waals surface area contributed by atoms with Gasteiger partial charge in [-0.15, -0.1) is 0 Å². The highest BCUT2D eigenvalue weighted by atomic mass is 16.5. The van der Waals surface area contributed by atoms with E-state index in [9.17, 15) is 4.79 Å². The first-order valence-corrected chi connectivity index (χ1v) is 12.8. The number of carbonyl (C=O) groups is 1. The third kappa shape index (κ3) is 6.37. The molecule has 8 nitrogen and oxygen atoms in total. The van der Waals surface area contributed by atoms with Gasteiger partial charge in [0.15, 0.2) is 11.5 Å². The van der Waals surface area contributed by atoms with Crippen LogP contribution in [0, 0.1) is 6.92 Å². The number of unbranched alkanes of at least 4 members (excludes halogenated alkanes) is 1. The van der Waals surface area contributed by atoms with E-state index in [1.54, 1.807) is 12.1 Å². The van der Waals surface area contributed by atoms with Gasteiger partial charge in [0.25, 0.3) is 5.91 Å². The minimum absolute atomic E-state index is 0.222. The Morgan fingerprint density at radius 3 is 2.32 bits per heavy atom. The number of nitrogens with one attached hydrogen (secondary N) is 1. The molecule has 0 aliphatic heterocycles. The first-order chi connectivity index (χ1) is 18.5. The summed E-state index contributed by atoms with van der Waals surface area (Å²) in [6.45, 7) is 3.99. The zero-order valence-corrected chi connectivity index (χ0v) is 22.5. The lowest BCUT2D eigenvalue weighted by atomic mass is 10.1. The lowest BCUT2D eigenvalue weighted by molar-refractivity contribution is 0.0953. The number of fused-ring (bicyclic) bond motifs is 1. The van der Waals surface area contributed by atoms with Crippen molar-refractivity contribution in [3.8, 4) is 23.0 Å². The lowest BCUT2D eigenvalue weighted by Crippen LogP contribution is -2.26. The molecule has 38 heavy (non-hydrogen) atoms. The summed E-state index contributed by atoms with van der Waals surface area (Å²) in [6, 6.07) is 19.5. The molecule has 0 atom stereocenters. The van der Waals surface area contributed by atoms with E-state index in [0.29, 0.717) is 42.4 Å². The molecule has 1 N–H and O–H groups in total. The number of amides is 1. The van der Waals surface area contributed by atoms with Crippen molar-refractivity contribution in [1.82, 2.24) is 14.9 Å². The standard InChI is InChI=1S/C30H35N3O5/c1-21-11-13-23(14-12-21)38-18-8-7-17-33-25-10-6-5-9-24(25)32-28(33)15-16-31-30(34)22-19-26(35-2)29(37-4)27(20-22)36-3/h5-6,9-14,19-20H,7-8,15-18H2,1-4H3,(H,31,34). The largest absolute Gasteiger partial charge is 0.494 e. The van der Waals surface area contributed by atoms with Crippen LogP contribution in [0.25, 0.3) is 11.0 Å². The van der Waals surface area contributed by atoms with E-state index in [1.165, 1.54) is 26.9 Å². The number of aromatic nitrogens is 2. The first kappa shape index (κ1) is 26.9. The first-order valence-electron chi connectivity index (χ1n) is 12.8. The summed E-state index contributed by atoms with van der Waals surface area (Å²) in [4.78, 5) is 17.7. The Morgan fingerprint density at radius 2 is 1.63 bits per heavy atom. The SMILES string of the molecule is COc1cc(C(=O)NCCc2nc3ccccc3n2CCCCOc2ccc(C)cc2)cc(OC)c1OC. The fourth-order valence-corrected chi connectivity index (χ4v) is 4.36. The number of rotatable bonds is 13. The third-order valence-electron chi connectivity index (χ3n) is 6.36. The highest BCUT2D eigenvalue weighted by molar-refractivity contribution is 5.95. The van der Waals surface area contributed by atoms with Crippen LogP contribution in [0.5, 0.6) is 23.0 Å². The number of para-hydroxylation sites is 2. The number of hydrogen-bond donors (Lipinski definition) is 1. The molecule has 0 radical (unpaired) electrons. The Morgan fingerprint density at radius 1 is 0.921 bits per heavy atom. The van der Waals surface area contributed by atoms with Crippen LogP contribution in [0.1, 0.15) is 34.6 Å². The van der Waals surface area contributed by atoms with Crippen molar-refractivity contribution in [2.75, 3.05) is 34.5 Å². The number of aryl methyl sites for hydroxylation is 2. The second kappa shape index (κ2) is 12.9. The molecule has 0 saturated heterocycles. The van der Waals surface area contributed by atoms with Crippen molar-refractivity contribution in [3.05, 3.63) is 77.6 Å². The predicted molar refractivity (Wildman–Crippen MR) is 148 cm³/mol. The Hall–Kier alpha value is -4.20. The van der Waals surface area contributed by atoms with E-state index in [1.807, 2.05) is 30.3 Å². The van der Waals surface area contributed by atoms with Gasteiger partial charge < -0.3 is 28.8 Å². The molecule has 0 spiro atoms. The molecule has 1 amide bonds. The molecule has 3 aromatic carbocycles. The number of methoxy groups -OCH3 is 3. The van der Waals surface area contributed by atoms with Crippen molar-refractivity contribution in [2.24, 2.45) is 0 Å². The predicted octanol–water partition coefficient (Wildman–Crippen LogP) is 5.20. The molecule has 0 aliphatic carbocycles. The van der Waals surface area contributed by atoms with Crippen LogP contribution in [0.2, 0.25) is 0 Å². The van der Waals surface area contributed by atoms with Gasteiger partial charge in [-0.2, -0.15) is 0 Å². The van der Waals surface area contributed by atoms with Crippen LogP contribution in [0.15, 0.2) is 60.7 Å². The number of imidazole rings is 1. The van der Waals surface area contributed by atoms with Gasteiger partial charge in [-0.1, -0.05) is 29.8 Å². The lowest BCUT2D eigenvalue weighted by Gasteiger charge is -2.14. The minimum Gasteiger partial charge on any atom is -0.494 e. The quantitative estimate of drug-likeness (QED) is 0.245. The maximum absolute atomic E-state index is 12.9. The summed E-state index contributed by atoms with van der Waals surface area (Å²) in [5.41, 5.74) is 3.70. The van der Waals surface area contributed by atoms with Crippen LogP contribution in [0.4, 0.5) is 0 Å². The van der Waals surface area contributed by atoms with Crippen molar-refractivity contribution in [1.29, 1.82) is 0 Å². The molecule has 1 aromatic heterocycles. The van der Waals surface area contributed by atoms with Crippen LogP contribution >= 0.6 is 0 Å². The minimum atomic E-state index is -0.222. The van der Waals surface area contributed by atoms with Crippen molar-refractivity contribution in [3.63, 3.8) is 0 Å². The highest BCUT2D eigenvalue weighted by Gasteiger charge is 2.17. The molecule has 4 rings (SSSR count). The normalized spacial score (nSPS) is 10.8. The Bertz CT molecular complexity index is 1340. The van der Waals surface area contributed by atoms with Gasteiger partial charge in [-0.05, 0) is 56.2 Å². The monoisotopic (exact) mass is 517 g/mol. The van der Waals surface area contributed by atoms with Gasteiger partial charge >= 0.3 is 0 Å². The maximum Gasteiger partial charge on any atom is 0.251 e. The molecule has 0 unspecified atom stereocenters. The van der Waals surface area contributed by atoms with Crippen LogP contribution in [-0.4, -0.2) is 49.9 Å².